The fourth-order valence-electron chi connectivity index (χ4n) is 3.62. The van der Waals surface area contributed by atoms with E-state index in [9.17, 15) is 18.0 Å². The first kappa shape index (κ1) is 22.7. The number of piperidine rings is 1. The smallest absolute Gasteiger partial charge is 0.475 e. The number of aliphatic carboxylic acids is 1. The van der Waals surface area contributed by atoms with Crippen molar-refractivity contribution in [3.05, 3.63) is 42.7 Å². The van der Waals surface area contributed by atoms with Crippen molar-refractivity contribution in [1.29, 1.82) is 0 Å². The molecule has 4 rings (SSSR count). The van der Waals surface area contributed by atoms with Gasteiger partial charge in [0.15, 0.2) is 5.82 Å². The number of alkyl halides is 3. The van der Waals surface area contributed by atoms with Gasteiger partial charge in [0.2, 0.25) is 5.91 Å². The Hall–Kier alpha value is -2.99. The Balaban J connectivity index is 0.000000339. The Morgan fingerprint density at radius 1 is 1.32 bits per heavy atom. The number of anilines is 1. The lowest BCUT2D eigenvalue weighted by Crippen LogP contribution is -2.51. The number of fused-ring (bicyclic) bond motifs is 1. The van der Waals surface area contributed by atoms with Gasteiger partial charge in [0.1, 0.15) is 5.76 Å². The fraction of sp³-hybridized carbons (Fsp3) is 0.474. The van der Waals surface area contributed by atoms with Gasteiger partial charge >= 0.3 is 12.1 Å². The van der Waals surface area contributed by atoms with Crippen LogP contribution < -0.4 is 5.32 Å². The average molecular weight is 442 g/mol. The van der Waals surface area contributed by atoms with E-state index in [1.165, 1.54) is 0 Å². The molecule has 0 radical (unpaired) electrons. The molecule has 31 heavy (non-hydrogen) atoms. The number of halogens is 3. The van der Waals surface area contributed by atoms with E-state index in [4.69, 9.17) is 19.1 Å². The molecule has 2 aliphatic heterocycles. The zero-order valence-electron chi connectivity index (χ0n) is 16.3. The van der Waals surface area contributed by atoms with Gasteiger partial charge in [0, 0.05) is 31.6 Å². The third-order valence-electron chi connectivity index (χ3n) is 4.98. The number of likely N-dealkylation sites (tertiary alicyclic amines) is 1. The van der Waals surface area contributed by atoms with Gasteiger partial charge in [0.05, 0.1) is 31.0 Å². The minimum absolute atomic E-state index is 0.0334. The molecular formula is C19H21F3N4O5. The lowest BCUT2D eigenvalue weighted by atomic mass is 9.89. The number of carbonyl (C=O) groups excluding carboxylic acids is 1. The van der Waals surface area contributed by atoms with Crippen molar-refractivity contribution in [1.82, 2.24) is 14.9 Å². The van der Waals surface area contributed by atoms with E-state index >= 15 is 0 Å². The molecule has 2 N–H and O–H groups in total. The number of hydrogen-bond acceptors (Lipinski definition) is 7. The van der Waals surface area contributed by atoms with Gasteiger partial charge in [-0.3, -0.25) is 14.7 Å². The van der Waals surface area contributed by atoms with Gasteiger partial charge in [-0.1, -0.05) is 0 Å². The molecule has 9 nitrogen and oxygen atoms in total. The maximum atomic E-state index is 12.6. The summed E-state index contributed by atoms with van der Waals surface area (Å²) in [6.45, 7) is 2.15. The molecule has 0 aliphatic carbocycles. The summed E-state index contributed by atoms with van der Waals surface area (Å²) in [6.07, 6.45) is 3.14. The minimum atomic E-state index is -5.08. The minimum Gasteiger partial charge on any atom is -0.475 e. The van der Waals surface area contributed by atoms with Gasteiger partial charge in [-0.05, 0) is 25.0 Å². The summed E-state index contributed by atoms with van der Waals surface area (Å²) in [5.41, 5.74) is 0. The number of ether oxygens (including phenoxy) is 1. The van der Waals surface area contributed by atoms with E-state index < -0.39 is 12.1 Å². The molecule has 3 atom stereocenters. The molecule has 2 saturated heterocycles. The molecule has 2 aromatic heterocycles. The largest absolute Gasteiger partial charge is 0.490 e. The van der Waals surface area contributed by atoms with Crippen LogP contribution in [0.15, 0.2) is 41.4 Å². The zero-order chi connectivity index (χ0) is 22.4. The van der Waals surface area contributed by atoms with Crippen molar-refractivity contribution >= 4 is 17.7 Å². The molecule has 0 spiro atoms. The summed E-state index contributed by atoms with van der Waals surface area (Å²) in [6, 6.07) is 4.21. The first-order valence-corrected chi connectivity index (χ1v) is 9.49. The van der Waals surface area contributed by atoms with Crippen LogP contribution in [0.4, 0.5) is 19.0 Å². The second kappa shape index (κ2) is 9.88. The molecule has 2 aromatic rings. The highest BCUT2D eigenvalue weighted by atomic mass is 19.4. The quantitative estimate of drug-likeness (QED) is 0.741. The number of carbonyl (C=O) groups is 2. The summed E-state index contributed by atoms with van der Waals surface area (Å²) in [4.78, 5) is 31.9. The predicted molar refractivity (Wildman–Crippen MR) is 99.7 cm³/mol. The van der Waals surface area contributed by atoms with E-state index in [0.29, 0.717) is 24.9 Å². The molecule has 0 unspecified atom stereocenters. The van der Waals surface area contributed by atoms with E-state index in [1.54, 1.807) is 24.9 Å². The molecule has 2 aliphatic rings. The van der Waals surface area contributed by atoms with Crippen LogP contribution >= 0.6 is 0 Å². The summed E-state index contributed by atoms with van der Waals surface area (Å²) >= 11 is 0. The number of aromatic nitrogens is 2. The van der Waals surface area contributed by atoms with Crippen LogP contribution in [0.3, 0.4) is 0 Å². The Kier molecular flexibility index (Phi) is 7.23. The van der Waals surface area contributed by atoms with Crippen LogP contribution in [0.25, 0.3) is 0 Å². The topological polar surface area (TPSA) is 118 Å². The van der Waals surface area contributed by atoms with Crippen LogP contribution in [0.2, 0.25) is 0 Å². The maximum Gasteiger partial charge on any atom is 0.490 e. The Morgan fingerprint density at radius 2 is 2.10 bits per heavy atom. The molecule has 168 valence electrons. The number of amides is 1. The van der Waals surface area contributed by atoms with Crippen molar-refractivity contribution in [2.75, 3.05) is 18.5 Å². The number of rotatable bonds is 4. The first-order chi connectivity index (χ1) is 14.7. The van der Waals surface area contributed by atoms with Crippen molar-refractivity contribution < 1.29 is 37.0 Å². The van der Waals surface area contributed by atoms with Gasteiger partial charge in [0.25, 0.3) is 0 Å². The SMILES string of the molecule is O=C(Nc1cnccn1)[C@H]1C[C@H]2OCC[C@H]2N(Cc2ccco2)C1.O=C(O)C(F)(F)F. The van der Waals surface area contributed by atoms with E-state index in [0.717, 1.165) is 25.2 Å². The number of furan rings is 1. The fourth-order valence-corrected chi connectivity index (χ4v) is 3.62. The average Bonchev–Trinajstić information content (AvgIpc) is 3.40. The van der Waals surface area contributed by atoms with E-state index in [1.807, 2.05) is 12.1 Å². The number of hydrogen-bond donors (Lipinski definition) is 2. The highest BCUT2D eigenvalue weighted by Gasteiger charge is 2.42. The highest BCUT2D eigenvalue weighted by molar-refractivity contribution is 5.91. The van der Waals surface area contributed by atoms with Crippen LogP contribution in [0.1, 0.15) is 18.6 Å². The number of carboxylic acid groups (broad SMARTS) is 1. The van der Waals surface area contributed by atoms with Crippen molar-refractivity contribution in [2.45, 2.75) is 37.7 Å². The number of carboxylic acids is 1. The third-order valence-corrected chi connectivity index (χ3v) is 4.98. The Morgan fingerprint density at radius 3 is 2.71 bits per heavy atom. The molecule has 0 saturated carbocycles. The van der Waals surface area contributed by atoms with Crippen LogP contribution in [0.5, 0.6) is 0 Å². The van der Waals surface area contributed by atoms with E-state index in [-0.39, 0.29) is 17.9 Å². The van der Waals surface area contributed by atoms with Crippen LogP contribution in [0, 0.1) is 5.92 Å². The molecule has 2 fully saturated rings. The standard InChI is InChI=1S/C17H20N4O3.C2HF3O2/c22-17(20-16-9-18-4-5-19-16)12-8-15-14(3-7-24-15)21(10-12)11-13-2-1-6-23-13;3-2(4,5)1(6)7/h1-2,4-6,9,12,14-15H,3,7-8,10-11H2,(H,19,20,22);(H,6,7)/t12-,14+,15+;/m0./s1. The molecule has 0 bridgehead atoms. The normalized spacial score (nSPS) is 23.4. The second-order valence-electron chi connectivity index (χ2n) is 7.09. The molecule has 1 amide bonds. The van der Waals surface area contributed by atoms with Crippen LogP contribution in [-0.2, 0) is 20.9 Å². The van der Waals surface area contributed by atoms with Gasteiger partial charge in [-0.2, -0.15) is 13.2 Å². The highest BCUT2D eigenvalue weighted by Crippen LogP contribution is 2.32. The monoisotopic (exact) mass is 442 g/mol. The Labute approximate surface area is 175 Å². The second-order valence-corrected chi connectivity index (χ2v) is 7.09. The predicted octanol–water partition coefficient (Wildman–Crippen LogP) is 2.32. The lowest BCUT2D eigenvalue weighted by molar-refractivity contribution is -0.192. The van der Waals surface area contributed by atoms with Gasteiger partial charge in [-0.25, -0.2) is 9.78 Å². The molecule has 0 aromatic carbocycles. The maximum absolute atomic E-state index is 12.6. The van der Waals surface area contributed by atoms with Crippen molar-refractivity contribution in [2.24, 2.45) is 5.92 Å². The third kappa shape index (κ3) is 6.25. The molecule has 12 heteroatoms. The summed E-state index contributed by atoms with van der Waals surface area (Å²) in [7, 11) is 0. The zero-order valence-corrected chi connectivity index (χ0v) is 16.3. The van der Waals surface area contributed by atoms with Gasteiger partial charge < -0.3 is 19.6 Å². The summed E-state index contributed by atoms with van der Waals surface area (Å²) < 4.78 is 43.1. The van der Waals surface area contributed by atoms with Crippen molar-refractivity contribution in [3.8, 4) is 0 Å². The molecular weight excluding hydrogens is 421 g/mol. The number of nitrogens with zero attached hydrogens (tertiary/aromatic N) is 3. The van der Waals surface area contributed by atoms with Gasteiger partial charge in [-0.15, -0.1) is 0 Å². The number of nitrogens with one attached hydrogen (secondary N) is 1. The molecule has 4 heterocycles. The summed E-state index contributed by atoms with van der Waals surface area (Å²) in [5.74, 6) is -1.53. The van der Waals surface area contributed by atoms with Crippen LogP contribution in [-0.4, -0.2) is 63.3 Å². The lowest BCUT2D eigenvalue weighted by Gasteiger charge is -2.39. The summed E-state index contributed by atoms with van der Waals surface area (Å²) in [5, 5.41) is 9.98. The Bertz CT molecular complexity index is 863. The van der Waals surface area contributed by atoms with E-state index in [2.05, 4.69) is 20.2 Å². The van der Waals surface area contributed by atoms with Crippen molar-refractivity contribution in [3.63, 3.8) is 0 Å². The first-order valence-electron chi connectivity index (χ1n) is 9.49.